The first-order chi connectivity index (χ1) is 17.2. The summed E-state index contributed by atoms with van der Waals surface area (Å²) < 4.78 is 47.2. The molecule has 1 aliphatic carbocycles. The second kappa shape index (κ2) is 9.53. The number of piperidine rings is 1. The van der Waals surface area contributed by atoms with Crippen molar-refractivity contribution < 1.29 is 27.8 Å². The summed E-state index contributed by atoms with van der Waals surface area (Å²) in [6.07, 6.45) is -0.498. The van der Waals surface area contributed by atoms with Crippen LogP contribution in [0.15, 0.2) is 24.4 Å². The Morgan fingerprint density at radius 1 is 1.25 bits per heavy atom. The lowest BCUT2D eigenvalue weighted by Crippen LogP contribution is -2.62. The van der Waals surface area contributed by atoms with Crippen LogP contribution in [0.25, 0.3) is 0 Å². The second-order valence-corrected chi connectivity index (χ2v) is 10.7. The van der Waals surface area contributed by atoms with Crippen LogP contribution in [0.4, 0.5) is 18.0 Å². The summed E-state index contributed by atoms with van der Waals surface area (Å²) in [5, 5.41) is 12.9. The Balaban J connectivity index is 1.43. The summed E-state index contributed by atoms with van der Waals surface area (Å²) >= 11 is 0. The summed E-state index contributed by atoms with van der Waals surface area (Å²) in [5.74, 6) is -1.18. The molecule has 2 aromatic rings. The number of carbonyl (C=O) groups is 1. The zero-order chi connectivity index (χ0) is 25.6. The van der Waals surface area contributed by atoms with Crippen LogP contribution in [0.2, 0.25) is 0 Å². The number of likely N-dealkylation sites (tertiary alicyclic amines) is 1. The molecule has 10 heteroatoms. The molecule has 2 saturated heterocycles. The van der Waals surface area contributed by atoms with Crippen molar-refractivity contribution in [2.45, 2.75) is 57.3 Å². The minimum Gasteiger partial charge on any atom is -0.465 e. The standard InChI is InChI=1S/C26H31F3N4O3/c1-14(2)21-20(4-3-18(27)22(21)15-9-16(10-15)23(28)29)36-24-31-7-5-19(32-24)17-11-33(25(34)35)8-6-26(17)12-30-13-26/h3-5,7,14-17,23,30H,6,8-13H2,1-2H3,(H,34,35). The Kier molecular flexibility index (Phi) is 6.57. The van der Waals surface area contributed by atoms with E-state index in [1.54, 1.807) is 12.3 Å². The molecule has 0 radical (unpaired) electrons. The molecule has 3 heterocycles. The Bertz CT molecular complexity index is 1140. The number of nitrogens with zero attached hydrogens (tertiary/aromatic N) is 3. The van der Waals surface area contributed by atoms with Crippen LogP contribution >= 0.6 is 0 Å². The molecule has 1 spiro atoms. The number of halogens is 3. The van der Waals surface area contributed by atoms with Gasteiger partial charge in [-0.15, -0.1) is 0 Å². The van der Waals surface area contributed by atoms with Gasteiger partial charge in [-0.05, 0) is 54.9 Å². The lowest BCUT2D eigenvalue weighted by molar-refractivity contribution is 0.0217. The fourth-order valence-electron chi connectivity index (χ4n) is 5.98. The zero-order valence-corrected chi connectivity index (χ0v) is 20.4. The van der Waals surface area contributed by atoms with Gasteiger partial charge in [0.2, 0.25) is 6.43 Å². The van der Waals surface area contributed by atoms with Gasteiger partial charge in [-0.1, -0.05) is 13.8 Å². The number of alkyl halides is 2. The Morgan fingerprint density at radius 3 is 2.61 bits per heavy atom. The second-order valence-electron chi connectivity index (χ2n) is 10.7. The first kappa shape index (κ1) is 24.8. The van der Waals surface area contributed by atoms with Crippen LogP contribution in [0.1, 0.15) is 67.7 Å². The van der Waals surface area contributed by atoms with E-state index in [9.17, 15) is 23.1 Å². The van der Waals surface area contributed by atoms with Crippen LogP contribution < -0.4 is 10.1 Å². The van der Waals surface area contributed by atoms with Crippen molar-refractivity contribution in [1.82, 2.24) is 20.2 Å². The van der Waals surface area contributed by atoms with Crippen LogP contribution in [0, 0.1) is 17.2 Å². The average molecular weight is 505 g/mol. The summed E-state index contributed by atoms with van der Waals surface area (Å²) in [5.41, 5.74) is 1.74. The fourth-order valence-corrected chi connectivity index (χ4v) is 5.98. The Morgan fingerprint density at radius 2 is 2.00 bits per heavy atom. The summed E-state index contributed by atoms with van der Waals surface area (Å²) in [7, 11) is 0. The number of nitrogens with one attached hydrogen (secondary N) is 1. The molecule has 36 heavy (non-hydrogen) atoms. The number of ether oxygens (including phenoxy) is 1. The number of rotatable bonds is 6. The summed E-state index contributed by atoms with van der Waals surface area (Å²) in [4.78, 5) is 22.0. The van der Waals surface area contributed by atoms with Gasteiger partial charge in [-0.2, -0.15) is 4.98 Å². The van der Waals surface area contributed by atoms with E-state index in [-0.39, 0.29) is 42.0 Å². The van der Waals surface area contributed by atoms with Gasteiger partial charge in [-0.3, -0.25) is 0 Å². The van der Waals surface area contributed by atoms with Crippen molar-refractivity contribution in [3.05, 3.63) is 47.0 Å². The molecular weight excluding hydrogens is 473 g/mol. The third kappa shape index (κ3) is 4.40. The van der Waals surface area contributed by atoms with Crippen molar-refractivity contribution >= 4 is 6.09 Å². The normalized spacial score (nSPS) is 25.1. The molecule has 3 fully saturated rings. The highest BCUT2D eigenvalue weighted by atomic mass is 19.3. The topological polar surface area (TPSA) is 87.6 Å². The van der Waals surface area contributed by atoms with Gasteiger partial charge in [0.1, 0.15) is 11.6 Å². The van der Waals surface area contributed by atoms with Crippen molar-refractivity contribution in [2.24, 2.45) is 11.3 Å². The van der Waals surface area contributed by atoms with Crippen molar-refractivity contribution in [3.8, 4) is 11.8 Å². The van der Waals surface area contributed by atoms with Crippen LogP contribution in [0.3, 0.4) is 0 Å². The van der Waals surface area contributed by atoms with Crippen LogP contribution in [0.5, 0.6) is 11.8 Å². The number of hydrogen-bond donors (Lipinski definition) is 2. The van der Waals surface area contributed by atoms with E-state index in [2.05, 4.69) is 15.3 Å². The largest absolute Gasteiger partial charge is 0.465 e. The first-order valence-electron chi connectivity index (χ1n) is 12.5. The maximum Gasteiger partial charge on any atom is 0.407 e. The van der Waals surface area contributed by atoms with E-state index < -0.39 is 24.3 Å². The van der Waals surface area contributed by atoms with Gasteiger partial charge in [0, 0.05) is 55.2 Å². The van der Waals surface area contributed by atoms with E-state index in [1.807, 2.05) is 13.8 Å². The molecule has 194 valence electrons. The summed E-state index contributed by atoms with van der Waals surface area (Å²) in [6, 6.07) is 4.75. The maximum atomic E-state index is 14.9. The van der Waals surface area contributed by atoms with Gasteiger partial charge in [0.15, 0.2) is 0 Å². The van der Waals surface area contributed by atoms with Gasteiger partial charge in [0.05, 0.1) is 5.69 Å². The molecule has 2 N–H and O–H groups in total. The quantitative estimate of drug-likeness (QED) is 0.552. The van der Waals surface area contributed by atoms with Gasteiger partial charge >= 0.3 is 12.1 Å². The molecule has 1 amide bonds. The molecule has 5 rings (SSSR count). The number of amides is 1. The molecule has 2 aliphatic heterocycles. The predicted molar refractivity (Wildman–Crippen MR) is 126 cm³/mol. The highest BCUT2D eigenvalue weighted by Gasteiger charge is 2.49. The Hall–Kier alpha value is -2.88. The molecular formula is C26H31F3N4O3. The predicted octanol–water partition coefficient (Wildman–Crippen LogP) is 5.35. The highest BCUT2D eigenvalue weighted by molar-refractivity contribution is 5.65. The molecule has 7 nitrogen and oxygen atoms in total. The number of benzene rings is 1. The lowest BCUT2D eigenvalue weighted by atomic mass is 9.65. The van der Waals surface area contributed by atoms with Crippen molar-refractivity contribution in [1.29, 1.82) is 0 Å². The summed E-state index contributed by atoms with van der Waals surface area (Å²) in [6.45, 7) is 6.27. The lowest BCUT2D eigenvalue weighted by Gasteiger charge is -2.52. The molecule has 1 aromatic heterocycles. The number of aromatic nitrogens is 2. The molecule has 1 unspecified atom stereocenters. The average Bonchev–Trinajstić information content (AvgIpc) is 2.78. The van der Waals surface area contributed by atoms with E-state index >= 15 is 0 Å². The SMILES string of the molecule is CC(C)c1c(Oc2nccc(C3CN(C(=O)O)CCC34CNC4)n2)ccc(F)c1C1CC(C(F)F)C1. The van der Waals surface area contributed by atoms with Crippen molar-refractivity contribution in [2.75, 3.05) is 26.2 Å². The molecule has 1 atom stereocenters. The maximum absolute atomic E-state index is 14.9. The monoisotopic (exact) mass is 504 g/mol. The van der Waals surface area contributed by atoms with Crippen LogP contribution in [-0.4, -0.2) is 58.7 Å². The third-order valence-corrected chi connectivity index (χ3v) is 8.17. The first-order valence-corrected chi connectivity index (χ1v) is 12.5. The zero-order valence-electron chi connectivity index (χ0n) is 20.4. The minimum absolute atomic E-state index is 0.0603. The van der Waals surface area contributed by atoms with E-state index in [0.717, 1.165) is 19.5 Å². The third-order valence-electron chi connectivity index (χ3n) is 8.17. The van der Waals surface area contributed by atoms with E-state index in [4.69, 9.17) is 4.74 Å². The smallest absolute Gasteiger partial charge is 0.407 e. The molecule has 0 bridgehead atoms. The fraction of sp³-hybridized carbons (Fsp3) is 0.577. The molecule has 1 saturated carbocycles. The molecule has 1 aromatic carbocycles. The van der Waals surface area contributed by atoms with Crippen molar-refractivity contribution in [3.63, 3.8) is 0 Å². The number of carboxylic acid groups (broad SMARTS) is 1. The van der Waals surface area contributed by atoms with Crippen LogP contribution in [-0.2, 0) is 0 Å². The molecule has 3 aliphatic rings. The Labute approximate surface area is 208 Å². The minimum atomic E-state index is -2.40. The van der Waals surface area contributed by atoms with E-state index in [0.29, 0.717) is 35.7 Å². The number of hydrogen-bond acceptors (Lipinski definition) is 5. The van der Waals surface area contributed by atoms with Gasteiger partial charge in [-0.25, -0.2) is 22.9 Å². The van der Waals surface area contributed by atoms with Gasteiger partial charge < -0.3 is 20.1 Å². The van der Waals surface area contributed by atoms with E-state index in [1.165, 1.54) is 17.0 Å². The van der Waals surface area contributed by atoms with Gasteiger partial charge in [0.25, 0.3) is 0 Å². The highest BCUT2D eigenvalue weighted by Crippen LogP contribution is 2.50.